The van der Waals surface area contributed by atoms with Crippen LogP contribution in [0.1, 0.15) is 76.8 Å². The number of benzene rings is 1. The first-order valence-corrected chi connectivity index (χ1v) is 9.13. The molecular formula is C20H29NO3. The molecule has 4 nitrogen and oxygen atoms in total. The van der Waals surface area contributed by atoms with Crippen LogP contribution in [0.25, 0.3) is 10.9 Å². The van der Waals surface area contributed by atoms with Crippen LogP contribution in [0.3, 0.4) is 0 Å². The Morgan fingerprint density at radius 3 is 2.54 bits per heavy atom. The lowest BCUT2D eigenvalue weighted by Gasteiger charge is -2.09. The summed E-state index contributed by atoms with van der Waals surface area (Å²) in [7, 11) is 0. The average molecular weight is 331 g/mol. The number of H-pyrrole nitrogens is 1. The van der Waals surface area contributed by atoms with Gasteiger partial charge in [-0.1, -0.05) is 58.8 Å². The van der Waals surface area contributed by atoms with Crippen molar-refractivity contribution >= 4 is 17.1 Å². The summed E-state index contributed by atoms with van der Waals surface area (Å²) < 4.78 is 4.71. The summed E-state index contributed by atoms with van der Waals surface area (Å²) in [6, 6.07) is 7.49. The van der Waals surface area contributed by atoms with Crippen molar-refractivity contribution in [1.82, 2.24) is 4.98 Å². The molecule has 132 valence electrons. The maximum Gasteiger partial charge on any atom is 0.511 e. The van der Waals surface area contributed by atoms with Gasteiger partial charge in [-0.25, -0.2) is 4.79 Å². The van der Waals surface area contributed by atoms with Gasteiger partial charge in [-0.2, -0.15) is 0 Å². The van der Waals surface area contributed by atoms with E-state index in [1.165, 1.54) is 57.1 Å². The summed E-state index contributed by atoms with van der Waals surface area (Å²) in [6.07, 6.45) is 9.20. The predicted molar refractivity (Wildman–Crippen MR) is 98.0 cm³/mol. The molecule has 0 fully saturated rings. The van der Waals surface area contributed by atoms with Crippen LogP contribution >= 0.6 is 0 Å². The lowest BCUT2D eigenvalue weighted by Crippen LogP contribution is -2.02. The summed E-state index contributed by atoms with van der Waals surface area (Å²) in [5.74, 6) is 0.833. The van der Waals surface area contributed by atoms with Crippen molar-refractivity contribution < 1.29 is 14.6 Å². The SMILES string of the molecule is CCCCCCCCCC(C)c1cc2ccc(OC(=O)O)cc2[nH]1. The Hall–Kier alpha value is -1.97. The topological polar surface area (TPSA) is 62.3 Å². The van der Waals surface area contributed by atoms with Gasteiger partial charge in [-0.3, -0.25) is 0 Å². The van der Waals surface area contributed by atoms with E-state index in [0.29, 0.717) is 11.7 Å². The first-order chi connectivity index (χ1) is 11.6. The summed E-state index contributed by atoms with van der Waals surface area (Å²) in [4.78, 5) is 14.0. The van der Waals surface area contributed by atoms with Crippen molar-refractivity contribution in [2.24, 2.45) is 0 Å². The fraction of sp³-hybridized carbons (Fsp3) is 0.550. The van der Waals surface area contributed by atoms with Crippen LogP contribution in [0.2, 0.25) is 0 Å². The summed E-state index contributed by atoms with van der Waals surface area (Å²) in [6.45, 7) is 4.50. The highest BCUT2D eigenvalue weighted by Gasteiger charge is 2.10. The van der Waals surface area contributed by atoms with Crippen molar-refractivity contribution in [3.8, 4) is 5.75 Å². The Morgan fingerprint density at radius 2 is 1.83 bits per heavy atom. The Kier molecular flexibility index (Phi) is 7.16. The first-order valence-electron chi connectivity index (χ1n) is 9.13. The maximum absolute atomic E-state index is 10.6. The molecule has 0 aliphatic heterocycles. The van der Waals surface area contributed by atoms with E-state index in [9.17, 15) is 4.79 Å². The molecule has 0 amide bonds. The normalized spacial score (nSPS) is 12.4. The molecule has 2 rings (SSSR count). The minimum atomic E-state index is -1.28. The van der Waals surface area contributed by atoms with Crippen molar-refractivity contribution in [1.29, 1.82) is 0 Å². The van der Waals surface area contributed by atoms with E-state index in [1.54, 1.807) is 12.1 Å². The molecule has 0 bridgehead atoms. The molecule has 1 atom stereocenters. The summed E-state index contributed by atoms with van der Waals surface area (Å²) in [5, 5.41) is 9.78. The van der Waals surface area contributed by atoms with Crippen LogP contribution in [0.5, 0.6) is 5.75 Å². The van der Waals surface area contributed by atoms with Gasteiger partial charge in [0.2, 0.25) is 0 Å². The predicted octanol–water partition coefficient (Wildman–Crippen LogP) is 6.47. The van der Waals surface area contributed by atoms with Gasteiger partial charge in [0.05, 0.1) is 0 Å². The quantitative estimate of drug-likeness (QED) is 0.298. The first kappa shape index (κ1) is 18.4. The smallest absolute Gasteiger partial charge is 0.449 e. The van der Waals surface area contributed by atoms with Crippen molar-refractivity contribution in [3.05, 3.63) is 30.0 Å². The third-order valence-electron chi connectivity index (χ3n) is 4.59. The molecule has 24 heavy (non-hydrogen) atoms. The second kappa shape index (κ2) is 9.36. The minimum absolute atomic E-state index is 0.350. The summed E-state index contributed by atoms with van der Waals surface area (Å²) >= 11 is 0. The van der Waals surface area contributed by atoms with Crippen LogP contribution in [-0.4, -0.2) is 16.2 Å². The number of rotatable bonds is 10. The van der Waals surface area contributed by atoms with Crippen LogP contribution in [0.15, 0.2) is 24.3 Å². The largest absolute Gasteiger partial charge is 0.511 e. The lowest BCUT2D eigenvalue weighted by atomic mass is 9.99. The summed E-state index contributed by atoms with van der Waals surface area (Å²) in [5.41, 5.74) is 2.14. The van der Waals surface area contributed by atoms with Gasteiger partial charge in [-0.15, -0.1) is 0 Å². The van der Waals surface area contributed by atoms with Crippen molar-refractivity contribution in [3.63, 3.8) is 0 Å². The Balaban J connectivity index is 1.83. The molecule has 1 aromatic carbocycles. The van der Waals surface area contributed by atoms with E-state index in [0.717, 1.165) is 10.9 Å². The number of aromatic nitrogens is 1. The molecule has 0 saturated carbocycles. The van der Waals surface area contributed by atoms with Gasteiger partial charge in [0.15, 0.2) is 0 Å². The molecule has 0 spiro atoms. The van der Waals surface area contributed by atoms with Gasteiger partial charge in [0.1, 0.15) is 5.75 Å². The minimum Gasteiger partial charge on any atom is -0.449 e. The van der Waals surface area contributed by atoms with Gasteiger partial charge >= 0.3 is 6.16 Å². The highest BCUT2D eigenvalue weighted by Crippen LogP contribution is 2.27. The number of fused-ring (bicyclic) bond motifs is 1. The number of hydrogen-bond acceptors (Lipinski definition) is 2. The molecule has 4 heteroatoms. The molecule has 0 aliphatic rings. The number of hydrogen-bond donors (Lipinski definition) is 2. The molecule has 2 N–H and O–H groups in total. The van der Waals surface area contributed by atoms with Crippen LogP contribution in [0, 0.1) is 0 Å². The van der Waals surface area contributed by atoms with Gasteiger partial charge in [0, 0.05) is 17.3 Å². The van der Waals surface area contributed by atoms with Gasteiger partial charge in [-0.05, 0) is 35.9 Å². The van der Waals surface area contributed by atoms with E-state index in [1.807, 2.05) is 6.07 Å². The Labute approximate surface area is 144 Å². The molecule has 0 aliphatic carbocycles. The molecule has 0 radical (unpaired) electrons. The van der Waals surface area contributed by atoms with E-state index in [4.69, 9.17) is 9.84 Å². The maximum atomic E-state index is 10.6. The van der Waals surface area contributed by atoms with Gasteiger partial charge < -0.3 is 14.8 Å². The number of nitrogens with one attached hydrogen (secondary N) is 1. The number of aromatic amines is 1. The third kappa shape index (κ3) is 5.59. The third-order valence-corrected chi connectivity index (χ3v) is 4.59. The van der Waals surface area contributed by atoms with Crippen molar-refractivity contribution in [2.45, 2.75) is 71.1 Å². The molecule has 1 aromatic heterocycles. The molecule has 1 unspecified atom stereocenters. The number of ether oxygens (including phenoxy) is 1. The van der Waals surface area contributed by atoms with Crippen LogP contribution in [-0.2, 0) is 0 Å². The van der Waals surface area contributed by atoms with E-state index >= 15 is 0 Å². The van der Waals surface area contributed by atoms with Crippen molar-refractivity contribution in [2.75, 3.05) is 0 Å². The van der Waals surface area contributed by atoms with E-state index < -0.39 is 6.16 Å². The highest BCUT2D eigenvalue weighted by molar-refractivity contribution is 5.82. The number of unbranched alkanes of at least 4 members (excludes halogenated alkanes) is 6. The second-order valence-corrected chi connectivity index (χ2v) is 6.65. The second-order valence-electron chi connectivity index (χ2n) is 6.65. The van der Waals surface area contributed by atoms with E-state index in [-0.39, 0.29) is 0 Å². The molecule has 2 aromatic rings. The van der Waals surface area contributed by atoms with Crippen LogP contribution < -0.4 is 4.74 Å². The molecule has 1 heterocycles. The highest BCUT2D eigenvalue weighted by atomic mass is 16.7. The number of carboxylic acid groups (broad SMARTS) is 1. The zero-order valence-corrected chi connectivity index (χ0v) is 14.8. The molecule has 0 saturated heterocycles. The van der Waals surface area contributed by atoms with Gasteiger partial charge in [0.25, 0.3) is 0 Å². The lowest BCUT2D eigenvalue weighted by molar-refractivity contribution is 0.144. The average Bonchev–Trinajstić information content (AvgIpc) is 2.96. The Morgan fingerprint density at radius 1 is 1.12 bits per heavy atom. The standard InChI is InChI=1S/C20H29NO3/c1-3-4-5-6-7-8-9-10-15(2)18-13-16-11-12-17(24-20(22)23)14-19(16)21-18/h11-15,21H,3-10H2,1-2H3,(H,22,23). The fourth-order valence-corrected chi connectivity index (χ4v) is 3.12. The molecular weight excluding hydrogens is 302 g/mol. The number of carbonyl (C=O) groups is 1. The Bertz CT molecular complexity index is 647. The monoisotopic (exact) mass is 331 g/mol. The zero-order chi connectivity index (χ0) is 17.4. The van der Waals surface area contributed by atoms with E-state index in [2.05, 4.69) is 24.9 Å². The van der Waals surface area contributed by atoms with Crippen LogP contribution in [0.4, 0.5) is 4.79 Å². The fourth-order valence-electron chi connectivity index (χ4n) is 3.12. The zero-order valence-electron chi connectivity index (χ0n) is 14.8.